The molecular formula is C27H20N8O. The van der Waals surface area contributed by atoms with Gasteiger partial charge in [0, 0.05) is 47.0 Å². The van der Waals surface area contributed by atoms with Crippen molar-refractivity contribution in [2.75, 3.05) is 5.32 Å². The molecule has 3 N–H and O–H groups in total. The van der Waals surface area contributed by atoms with Crippen molar-refractivity contribution in [3.05, 3.63) is 73.6 Å². The van der Waals surface area contributed by atoms with E-state index >= 15 is 0 Å². The van der Waals surface area contributed by atoms with Gasteiger partial charge in [0.1, 0.15) is 11.3 Å². The lowest BCUT2D eigenvalue weighted by Gasteiger charge is -2.06. The van der Waals surface area contributed by atoms with Gasteiger partial charge in [-0.2, -0.15) is 5.10 Å². The molecule has 1 amide bonds. The quantitative estimate of drug-likeness (QED) is 0.325. The predicted molar refractivity (Wildman–Crippen MR) is 137 cm³/mol. The van der Waals surface area contributed by atoms with E-state index in [4.69, 9.17) is 0 Å². The number of hydrogen-bond acceptors (Lipinski definition) is 6. The average Bonchev–Trinajstić information content (AvgIpc) is 3.55. The number of pyridine rings is 4. The summed E-state index contributed by atoms with van der Waals surface area (Å²) >= 11 is 0. The van der Waals surface area contributed by atoms with Crippen LogP contribution in [0.4, 0.5) is 5.69 Å². The number of aromatic amines is 2. The number of carbonyl (C=O) groups is 1. The van der Waals surface area contributed by atoms with Crippen molar-refractivity contribution in [2.45, 2.75) is 12.8 Å². The maximum Gasteiger partial charge on any atom is 0.227 e. The monoisotopic (exact) mass is 472 g/mol. The summed E-state index contributed by atoms with van der Waals surface area (Å²) in [5.41, 5.74) is 7.61. The van der Waals surface area contributed by atoms with Crippen LogP contribution in [0.25, 0.3) is 55.7 Å². The Morgan fingerprint density at radius 3 is 2.64 bits per heavy atom. The van der Waals surface area contributed by atoms with Crippen molar-refractivity contribution in [2.24, 2.45) is 5.92 Å². The van der Waals surface area contributed by atoms with Crippen LogP contribution < -0.4 is 5.32 Å². The predicted octanol–water partition coefficient (Wildman–Crippen LogP) is 4.97. The lowest BCUT2D eigenvalue weighted by Crippen LogP contribution is -2.13. The summed E-state index contributed by atoms with van der Waals surface area (Å²) in [7, 11) is 0. The van der Waals surface area contributed by atoms with Crippen LogP contribution in [0.3, 0.4) is 0 Å². The number of H-pyrrole nitrogens is 2. The Morgan fingerprint density at radius 2 is 1.78 bits per heavy atom. The summed E-state index contributed by atoms with van der Waals surface area (Å²) in [6, 6.07) is 11.9. The fourth-order valence-corrected chi connectivity index (χ4v) is 4.46. The molecule has 0 bridgehead atoms. The van der Waals surface area contributed by atoms with E-state index in [0.717, 1.165) is 68.6 Å². The summed E-state index contributed by atoms with van der Waals surface area (Å²) in [4.78, 5) is 33.2. The zero-order valence-electron chi connectivity index (χ0n) is 19.1. The molecule has 0 saturated heterocycles. The highest BCUT2D eigenvalue weighted by molar-refractivity contribution is 6.00. The van der Waals surface area contributed by atoms with Crippen LogP contribution >= 0.6 is 0 Å². The maximum absolute atomic E-state index is 12.2. The first kappa shape index (κ1) is 20.5. The first-order valence-corrected chi connectivity index (χ1v) is 11.7. The average molecular weight is 473 g/mol. The molecule has 6 aromatic heterocycles. The molecule has 1 fully saturated rings. The Bertz CT molecular complexity index is 1750. The number of fused-ring (bicyclic) bond motifs is 2. The van der Waals surface area contributed by atoms with Crippen molar-refractivity contribution in [3.8, 4) is 33.8 Å². The van der Waals surface area contributed by atoms with E-state index in [9.17, 15) is 4.79 Å². The van der Waals surface area contributed by atoms with Crippen LogP contribution in [0.1, 0.15) is 12.8 Å². The van der Waals surface area contributed by atoms with Crippen LogP contribution in [-0.2, 0) is 4.79 Å². The van der Waals surface area contributed by atoms with E-state index in [1.54, 1.807) is 37.2 Å². The van der Waals surface area contributed by atoms with Crippen LogP contribution in [0.2, 0.25) is 0 Å². The minimum Gasteiger partial charge on any atom is -0.338 e. The topological polar surface area (TPSA) is 125 Å². The second-order valence-corrected chi connectivity index (χ2v) is 8.95. The summed E-state index contributed by atoms with van der Waals surface area (Å²) in [5.74, 6) is 0.175. The minimum atomic E-state index is 0.0491. The van der Waals surface area contributed by atoms with Crippen LogP contribution in [-0.4, -0.2) is 41.0 Å². The van der Waals surface area contributed by atoms with E-state index in [0.29, 0.717) is 5.69 Å². The van der Waals surface area contributed by atoms with Crippen molar-refractivity contribution in [1.29, 1.82) is 0 Å². The Balaban J connectivity index is 1.28. The van der Waals surface area contributed by atoms with E-state index in [2.05, 4.69) is 46.5 Å². The highest BCUT2D eigenvalue weighted by Crippen LogP contribution is 2.34. The van der Waals surface area contributed by atoms with Gasteiger partial charge in [-0.3, -0.25) is 24.8 Å². The number of rotatable bonds is 5. The molecule has 0 aliphatic heterocycles. The third-order valence-corrected chi connectivity index (χ3v) is 6.48. The standard InChI is InChI=1S/C27H20N8O/c36-27(16-1-2-16)32-18-9-17(12-29-13-18)22-11-21-24(14-31-22)34-35-25(21)23-10-20-19(5-8-30-26(20)33-23)15-3-6-28-7-4-15/h3-14,16H,1-2H2,(H,30,33)(H,32,36)(H,34,35). The largest absolute Gasteiger partial charge is 0.338 e. The normalized spacial score (nSPS) is 13.3. The Morgan fingerprint density at radius 1 is 0.889 bits per heavy atom. The fraction of sp³-hybridized carbons (Fsp3) is 0.111. The molecule has 7 rings (SSSR count). The molecule has 0 atom stereocenters. The number of nitrogens with zero attached hydrogens (tertiary/aromatic N) is 5. The van der Waals surface area contributed by atoms with Gasteiger partial charge < -0.3 is 10.3 Å². The van der Waals surface area contributed by atoms with Gasteiger partial charge in [-0.1, -0.05) is 0 Å². The van der Waals surface area contributed by atoms with Crippen LogP contribution in [0.5, 0.6) is 0 Å². The summed E-state index contributed by atoms with van der Waals surface area (Å²) in [5, 5.41) is 12.5. The van der Waals surface area contributed by atoms with E-state index in [-0.39, 0.29) is 11.8 Å². The third-order valence-electron chi connectivity index (χ3n) is 6.48. The molecular weight excluding hydrogens is 452 g/mol. The second kappa shape index (κ2) is 8.09. The number of anilines is 1. The molecule has 1 saturated carbocycles. The van der Waals surface area contributed by atoms with Gasteiger partial charge in [0.15, 0.2) is 0 Å². The molecule has 36 heavy (non-hydrogen) atoms. The first-order chi connectivity index (χ1) is 17.7. The molecule has 0 aromatic carbocycles. The summed E-state index contributed by atoms with van der Waals surface area (Å²) in [6.45, 7) is 0. The first-order valence-electron chi connectivity index (χ1n) is 11.7. The molecule has 0 radical (unpaired) electrons. The molecule has 6 heterocycles. The Hall–Kier alpha value is -4.92. The molecule has 9 heteroatoms. The number of nitrogens with one attached hydrogen (secondary N) is 3. The van der Waals surface area contributed by atoms with Gasteiger partial charge >= 0.3 is 0 Å². The zero-order chi connectivity index (χ0) is 24.1. The van der Waals surface area contributed by atoms with Gasteiger partial charge in [-0.15, -0.1) is 0 Å². The molecule has 0 unspecified atom stereocenters. The fourth-order valence-electron chi connectivity index (χ4n) is 4.46. The van der Waals surface area contributed by atoms with E-state index < -0.39 is 0 Å². The van der Waals surface area contributed by atoms with Crippen molar-refractivity contribution < 1.29 is 4.79 Å². The van der Waals surface area contributed by atoms with E-state index in [1.807, 2.05) is 30.3 Å². The van der Waals surface area contributed by atoms with E-state index in [1.165, 1.54) is 0 Å². The van der Waals surface area contributed by atoms with Gasteiger partial charge in [-0.05, 0) is 60.4 Å². The minimum absolute atomic E-state index is 0.0491. The van der Waals surface area contributed by atoms with Gasteiger partial charge in [0.25, 0.3) is 0 Å². The molecule has 1 aliphatic carbocycles. The highest BCUT2D eigenvalue weighted by Gasteiger charge is 2.29. The number of carbonyl (C=O) groups excluding carboxylic acids is 1. The number of aromatic nitrogens is 7. The van der Waals surface area contributed by atoms with Crippen LogP contribution in [0.15, 0.2) is 73.6 Å². The summed E-state index contributed by atoms with van der Waals surface area (Å²) in [6.07, 6.45) is 12.4. The lowest BCUT2D eigenvalue weighted by atomic mass is 10.0. The number of amides is 1. The third kappa shape index (κ3) is 3.58. The van der Waals surface area contributed by atoms with Gasteiger partial charge in [0.2, 0.25) is 5.91 Å². The Labute approximate surface area is 205 Å². The van der Waals surface area contributed by atoms with Crippen LogP contribution in [0, 0.1) is 5.92 Å². The molecule has 174 valence electrons. The van der Waals surface area contributed by atoms with Gasteiger partial charge in [0.05, 0.1) is 35.0 Å². The zero-order valence-corrected chi connectivity index (χ0v) is 19.1. The Kier molecular flexibility index (Phi) is 4.60. The van der Waals surface area contributed by atoms with Gasteiger partial charge in [-0.25, -0.2) is 4.98 Å². The molecule has 1 aliphatic rings. The molecule has 9 nitrogen and oxygen atoms in total. The second-order valence-electron chi connectivity index (χ2n) is 8.95. The SMILES string of the molecule is O=C(Nc1cncc(-c2cc3c(-c4cc5c(-c6ccncc6)ccnc5[nH]4)n[nH]c3cn2)c1)C1CC1. The molecule has 6 aromatic rings. The smallest absolute Gasteiger partial charge is 0.227 e. The lowest BCUT2D eigenvalue weighted by molar-refractivity contribution is -0.117. The van der Waals surface area contributed by atoms with Crippen molar-refractivity contribution in [1.82, 2.24) is 35.1 Å². The van der Waals surface area contributed by atoms with Crippen molar-refractivity contribution in [3.63, 3.8) is 0 Å². The van der Waals surface area contributed by atoms with Crippen molar-refractivity contribution >= 4 is 33.5 Å². The number of hydrogen-bond donors (Lipinski definition) is 3. The maximum atomic E-state index is 12.2. The molecule has 0 spiro atoms. The highest BCUT2D eigenvalue weighted by atomic mass is 16.2. The summed E-state index contributed by atoms with van der Waals surface area (Å²) < 4.78 is 0.